The summed E-state index contributed by atoms with van der Waals surface area (Å²) in [6.07, 6.45) is 3.44. The first-order valence-corrected chi connectivity index (χ1v) is 12.7. The number of carbonyl (C=O) groups is 2. The second kappa shape index (κ2) is 8.01. The third-order valence-corrected chi connectivity index (χ3v) is 8.02. The molecule has 2 aromatic rings. The van der Waals surface area contributed by atoms with E-state index in [1.807, 2.05) is 36.1 Å². The largest absolute Gasteiger partial charge is 0.312 e. The molecular weight excluding hydrogens is 426 g/mol. The van der Waals surface area contributed by atoms with Gasteiger partial charge < -0.3 is 9.80 Å². The van der Waals surface area contributed by atoms with E-state index >= 15 is 0 Å². The molecule has 8 heteroatoms. The van der Waals surface area contributed by atoms with Crippen LogP contribution in [0.5, 0.6) is 0 Å². The third-order valence-electron chi connectivity index (χ3n) is 6.56. The molecule has 32 heavy (non-hydrogen) atoms. The van der Waals surface area contributed by atoms with Crippen molar-refractivity contribution in [2.75, 3.05) is 22.9 Å². The second-order valence-electron chi connectivity index (χ2n) is 8.90. The Morgan fingerprint density at radius 1 is 1.06 bits per heavy atom. The van der Waals surface area contributed by atoms with Crippen LogP contribution in [-0.2, 0) is 32.5 Å². The Labute approximate surface area is 188 Å². The molecule has 1 atom stereocenters. The molecule has 7 nitrogen and oxygen atoms in total. The number of nitrogens with zero attached hydrogens (tertiary/aromatic N) is 2. The SMILES string of the molecule is CC1Cc2cc(S(=O)(=O)NCCC(=O)N3CCc4ccccc43)ccc2N1C(=O)C1CC1. The summed E-state index contributed by atoms with van der Waals surface area (Å²) in [6, 6.07) is 12.8. The zero-order valence-electron chi connectivity index (χ0n) is 18.1. The van der Waals surface area contributed by atoms with Gasteiger partial charge in [0.2, 0.25) is 21.8 Å². The van der Waals surface area contributed by atoms with Crippen molar-refractivity contribution >= 4 is 33.2 Å². The van der Waals surface area contributed by atoms with Gasteiger partial charge in [-0.25, -0.2) is 13.1 Å². The maximum Gasteiger partial charge on any atom is 0.240 e. The van der Waals surface area contributed by atoms with Crippen LogP contribution in [0.15, 0.2) is 47.4 Å². The Kier molecular flexibility index (Phi) is 5.29. The van der Waals surface area contributed by atoms with Crippen molar-refractivity contribution in [1.82, 2.24) is 4.72 Å². The average Bonchev–Trinajstić information content (AvgIpc) is 3.44. The highest BCUT2D eigenvalue weighted by molar-refractivity contribution is 7.89. The van der Waals surface area contributed by atoms with Gasteiger partial charge in [0.1, 0.15) is 0 Å². The fraction of sp³-hybridized carbons (Fsp3) is 0.417. The predicted octanol–water partition coefficient (Wildman–Crippen LogP) is 2.63. The Balaban J connectivity index is 1.23. The van der Waals surface area contributed by atoms with Gasteiger partial charge in [-0.2, -0.15) is 0 Å². The van der Waals surface area contributed by atoms with Gasteiger partial charge in [0.25, 0.3) is 0 Å². The van der Waals surface area contributed by atoms with E-state index in [0.717, 1.165) is 41.8 Å². The molecule has 3 aliphatic rings. The van der Waals surface area contributed by atoms with Crippen LogP contribution in [0, 0.1) is 5.92 Å². The minimum absolute atomic E-state index is 0.0324. The van der Waals surface area contributed by atoms with Gasteiger partial charge >= 0.3 is 0 Å². The fourth-order valence-corrected chi connectivity index (χ4v) is 5.83. The summed E-state index contributed by atoms with van der Waals surface area (Å²) in [4.78, 5) is 29.0. The Morgan fingerprint density at radius 2 is 1.84 bits per heavy atom. The third kappa shape index (κ3) is 3.82. The fourth-order valence-electron chi connectivity index (χ4n) is 4.75. The zero-order chi connectivity index (χ0) is 22.5. The maximum atomic E-state index is 12.8. The van der Waals surface area contributed by atoms with Crippen LogP contribution < -0.4 is 14.5 Å². The van der Waals surface area contributed by atoms with Crippen molar-refractivity contribution in [3.8, 4) is 0 Å². The number of sulfonamides is 1. The zero-order valence-corrected chi connectivity index (χ0v) is 18.9. The van der Waals surface area contributed by atoms with Gasteiger partial charge in [0.15, 0.2) is 0 Å². The molecular formula is C24H27N3O4S. The summed E-state index contributed by atoms with van der Waals surface area (Å²) >= 11 is 0. The maximum absolute atomic E-state index is 12.8. The van der Waals surface area contributed by atoms with Crippen LogP contribution in [0.25, 0.3) is 0 Å². The molecule has 1 N–H and O–H groups in total. The molecule has 5 rings (SSSR count). The molecule has 0 bridgehead atoms. The number of hydrogen-bond acceptors (Lipinski definition) is 4. The van der Waals surface area contributed by atoms with E-state index in [-0.39, 0.29) is 41.6 Å². The molecule has 1 aliphatic carbocycles. The van der Waals surface area contributed by atoms with E-state index in [2.05, 4.69) is 4.72 Å². The van der Waals surface area contributed by atoms with Crippen LogP contribution in [0.1, 0.15) is 37.3 Å². The van der Waals surface area contributed by atoms with E-state index in [4.69, 9.17) is 0 Å². The first kappa shape index (κ1) is 21.2. The van der Waals surface area contributed by atoms with E-state index in [1.54, 1.807) is 23.1 Å². The first-order valence-electron chi connectivity index (χ1n) is 11.2. The second-order valence-corrected chi connectivity index (χ2v) is 10.7. The number of amides is 2. The van der Waals surface area contributed by atoms with Crippen molar-refractivity contribution in [3.63, 3.8) is 0 Å². The van der Waals surface area contributed by atoms with E-state index in [9.17, 15) is 18.0 Å². The van der Waals surface area contributed by atoms with Crippen molar-refractivity contribution in [3.05, 3.63) is 53.6 Å². The highest BCUT2D eigenvalue weighted by Crippen LogP contribution is 2.39. The first-order chi connectivity index (χ1) is 15.3. The lowest BCUT2D eigenvalue weighted by Crippen LogP contribution is -2.36. The van der Waals surface area contributed by atoms with Crippen LogP contribution in [0.3, 0.4) is 0 Å². The van der Waals surface area contributed by atoms with Gasteiger partial charge in [-0.05, 0) is 68.0 Å². The number of carbonyl (C=O) groups excluding carboxylic acids is 2. The summed E-state index contributed by atoms with van der Waals surface area (Å²) in [6.45, 7) is 2.67. The molecule has 2 aliphatic heterocycles. The highest BCUT2D eigenvalue weighted by atomic mass is 32.2. The van der Waals surface area contributed by atoms with Gasteiger partial charge in [0.05, 0.1) is 4.90 Å². The number of hydrogen-bond donors (Lipinski definition) is 1. The van der Waals surface area contributed by atoms with Gasteiger partial charge in [-0.3, -0.25) is 9.59 Å². The van der Waals surface area contributed by atoms with E-state index in [1.165, 1.54) is 0 Å². The summed E-state index contributed by atoms with van der Waals surface area (Å²) in [5, 5.41) is 0. The van der Waals surface area contributed by atoms with E-state index in [0.29, 0.717) is 13.0 Å². The molecule has 2 heterocycles. The molecule has 168 valence electrons. The quantitative estimate of drug-likeness (QED) is 0.729. The van der Waals surface area contributed by atoms with Crippen LogP contribution in [0.2, 0.25) is 0 Å². The minimum Gasteiger partial charge on any atom is -0.312 e. The number of anilines is 2. The van der Waals surface area contributed by atoms with Gasteiger partial charge in [-0.1, -0.05) is 18.2 Å². The van der Waals surface area contributed by atoms with Crippen molar-refractivity contribution in [1.29, 1.82) is 0 Å². The lowest BCUT2D eigenvalue weighted by molar-refractivity contribution is -0.120. The molecule has 1 unspecified atom stereocenters. The Hall–Kier alpha value is -2.71. The molecule has 2 aromatic carbocycles. The summed E-state index contributed by atoms with van der Waals surface area (Å²) in [7, 11) is -3.74. The lowest BCUT2D eigenvalue weighted by Gasteiger charge is -2.22. The standard InChI is InChI=1S/C24H27N3O4S/c1-16-14-19-15-20(8-9-22(19)27(16)24(29)18-6-7-18)32(30,31)25-12-10-23(28)26-13-11-17-4-2-3-5-21(17)26/h2-5,8-9,15-16,18,25H,6-7,10-14H2,1H3. The Morgan fingerprint density at radius 3 is 2.62 bits per heavy atom. The number of fused-ring (bicyclic) bond motifs is 2. The van der Waals surface area contributed by atoms with Gasteiger partial charge in [0, 0.05) is 42.8 Å². The van der Waals surface area contributed by atoms with Crippen LogP contribution >= 0.6 is 0 Å². The summed E-state index contributed by atoms with van der Waals surface area (Å²) in [5.41, 5.74) is 3.75. The topological polar surface area (TPSA) is 86.8 Å². The van der Waals surface area contributed by atoms with E-state index < -0.39 is 10.0 Å². The number of para-hydroxylation sites is 1. The number of rotatable bonds is 6. The molecule has 1 fully saturated rings. The van der Waals surface area contributed by atoms with Crippen molar-refractivity contribution in [2.45, 2.75) is 50.0 Å². The normalized spacial score (nSPS) is 19.7. The highest BCUT2D eigenvalue weighted by Gasteiger charge is 2.39. The van der Waals surface area contributed by atoms with Crippen LogP contribution in [-0.4, -0.2) is 39.4 Å². The monoisotopic (exact) mass is 453 g/mol. The smallest absolute Gasteiger partial charge is 0.240 e. The number of nitrogens with one attached hydrogen (secondary N) is 1. The Bertz CT molecular complexity index is 1190. The van der Waals surface area contributed by atoms with Gasteiger partial charge in [-0.15, -0.1) is 0 Å². The number of benzene rings is 2. The van der Waals surface area contributed by atoms with Crippen molar-refractivity contribution < 1.29 is 18.0 Å². The summed E-state index contributed by atoms with van der Waals surface area (Å²) < 4.78 is 28.2. The lowest BCUT2D eigenvalue weighted by atomic mass is 10.1. The minimum atomic E-state index is -3.74. The predicted molar refractivity (Wildman–Crippen MR) is 122 cm³/mol. The molecule has 0 aromatic heterocycles. The molecule has 2 amide bonds. The molecule has 0 spiro atoms. The molecule has 1 saturated carbocycles. The van der Waals surface area contributed by atoms with Crippen LogP contribution in [0.4, 0.5) is 11.4 Å². The average molecular weight is 454 g/mol. The summed E-state index contributed by atoms with van der Waals surface area (Å²) in [5.74, 6) is 0.176. The molecule has 0 radical (unpaired) electrons. The molecule has 0 saturated heterocycles. The van der Waals surface area contributed by atoms with Crippen molar-refractivity contribution in [2.24, 2.45) is 5.92 Å².